The van der Waals surface area contributed by atoms with Crippen molar-refractivity contribution in [3.63, 3.8) is 0 Å². The van der Waals surface area contributed by atoms with Crippen molar-refractivity contribution in [2.45, 2.75) is 13.3 Å². The second-order valence-corrected chi connectivity index (χ2v) is 5.52. The maximum Gasteiger partial charge on any atom is 0.328 e. The Balaban J connectivity index is 0.000000387. The number of anilines is 1. The molecule has 1 fully saturated rings. The monoisotopic (exact) mass is 381 g/mol. The number of nitrogens with zero attached hydrogens (tertiary/aromatic N) is 2. The number of pyridine rings is 1. The zero-order chi connectivity index (χ0) is 19.9. The highest BCUT2D eigenvalue weighted by molar-refractivity contribution is 5.89. The largest absolute Gasteiger partial charge is 0.489 e. The van der Waals surface area contributed by atoms with Crippen LogP contribution in [0.1, 0.15) is 13.3 Å². The number of carbonyl (C=O) groups is 2. The molecule has 9 heteroatoms. The fourth-order valence-electron chi connectivity index (χ4n) is 2.27. The van der Waals surface area contributed by atoms with E-state index in [9.17, 15) is 9.59 Å². The molecule has 2 heterocycles. The van der Waals surface area contributed by atoms with Crippen molar-refractivity contribution in [1.82, 2.24) is 10.3 Å². The van der Waals surface area contributed by atoms with Gasteiger partial charge in [0.15, 0.2) is 0 Å². The molecule has 0 bridgehead atoms. The molecular formula is C18H27N3O6. The van der Waals surface area contributed by atoms with Crippen molar-refractivity contribution in [3.8, 4) is 5.75 Å². The maximum absolute atomic E-state index is 9.55. The molecule has 0 atom stereocenters. The van der Waals surface area contributed by atoms with Crippen LogP contribution < -0.4 is 15.0 Å². The number of aromatic nitrogens is 1. The third-order valence-electron chi connectivity index (χ3n) is 3.47. The number of hydrogen-bond acceptors (Lipinski definition) is 7. The van der Waals surface area contributed by atoms with Gasteiger partial charge in [0, 0.05) is 44.5 Å². The van der Waals surface area contributed by atoms with Crippen LogP contribution in [0, 0.1) is 0 Å². The molecule has 0 aromatic carbocycles. The van der Waals surface area contributed by atoms with Crippen LogP contribution in [0.2, 0.25) is 0 Å². The van der Waals surface area contributed by atoms with Crippen molar-refractivity contribution in [3.05, 3.63) is 30.6 Å². The number of carboxylic acids is 2. The number of rotatable bonds is 8. The summed E-state index contributed by atoms with van der Waals surface area (Å²) in [6.45, 7) is 8.10. The van der Waals surface area contributed by atoms with E-state index in [0.29, 0.717) is 25.4 Å². The summed E-state index contributed by atoms with van der Waals surface area (Å²) in [5.74, 6) is -1.70. The minimum Gasteiger partial charge on any atom is -0.489 e. The van der Waals surface area contributed by atoms with Crippen LogP contribution in [0.5, 0.6) is 5.75 Å². The van der Waals surface area contributed by atoms with Gasteiger partial charge in [0.25, 0.3) is 0 Å². The van der Waals surface area contributed by atoms with Crippen LogP contribution in [-0.4, -0.2) is 73.1 Å². The van der Waals surface area contributed by atoms with Crippen molar-refractivity contribution in [2.24, 2.45) is 0 Å². The Labute approximate surface area is 158 Å². The molecule has 0 radical (unpaired) electrons. The molecule has 1 aromatic rings. The molecule has 1 aliphatic rings. The summed E-state index contributed by atoms with van der Waals surface area (Å²) >= 11 is 0. The molecule has 1 saturated heterocycles. The first kappa shape index (κ1) is 22.4. The number of nitrogens with one attached hydrogen (secondary N) is 1. The summed E-state index contributed by atoms with van der Waals surface area (Å²) in [5, 5.41) is 19.0. The third-order valence-corrected chi connectivity index (χ3v) is 3.47. The van der Waals surface area contributed by atoms with Gasteiger partial charge in [0.1, 0.15) is 12.4 Å². The molecule has 1 aromatic heterocycles. The highest BCUT2D eigenvalue weighted by atomic mass is 16.5. The molecule has 0 spiro atoms. The van der Waals surface area contributed by atoms with Gasteiger partial charge in [-0.2, -0.15) is 0 Å². The van der Waals surface area contributed by atoms with E-state index in [1.165, 1.54) is 0 Å². The number of carboxylic acid groups (broad SMARTS) is 2. The van der Waals surface area contributed by atoms with E-state index in [1.54, 1.807) is 6.20 Å². The Kier molecular flexibility index (Phi) is 11.2. The van der Waals surface area contributed by atoms with E-state index in [-0.39, 0.29) is 0 Å². The van der Waals surface area contributed by atoms with E-state index in [2.05, 4.69) is 21.3 Å². The topological polar surface area (TPSA) is 121 Å². The average Bonchev–Trinajstić information content (AvgIpc) is 2.94. The van der Waals surface area contributed by atoms with Crippen molar-refractivity contribution < 1.29 is 29.3 Å². The quantitative estimate of drug-likeness (QED) is 0.447. The van der Waals surface area contributed by atoms with E-state index in [0.717, 1.165) is 50.6 Å². The minimum absolute atomic E-state index is 0.558. The molecule has 0 unspecified atom stereocenters. The lowest BCUT2D eigenvalue weighted by atomic mass is 10.3. The summed E-state index contributed by atoms with van der Waals surface area (Å²) in [4.78, 5) is 25.7. The molecule has 1 aliphatic heterocycles. The van der Waals surface area contributed by atoms with Crippen molar-refractivity contribution in [2.75, 3.05) is 50.9 Å². The number of hydrogen-bond donors (Lipinski definition) is 3. The predicted octanol–water partition coefficient (Wildman–Crippen LogP) is 1.01. The summed E-state index contributed by atoms with van der Waals surface area (Å²) in [7, 11) is 0. The Hall–Kier alpha value is -2.65. The molecule has 0 amide bonds. The van der Waals surface area contributed by atoms with Crippen LogP contribution in [0.4, 0.5) is 5.69 Å². The molecule has 150 valence electrons. The smallest absolute Gasteiger partial charge is 0.328 e. The Morgan fingerprint density at radius 3 is 2.59 bits per heavy atom. The van der Waals surface area contributed by atoms with Gasteiger partial charge in [-0.05, 0) is 19.9 Å². The van der Waals surface area contributed by atoms with Gasteiger partial charge < -0.3 is 29.9 Å². The third kappa shape index (κ3) is 10.8. The highest BCUT2D eigenvalue weighted by Crippen LogP contribution is 2.20. The van der Waals surface area contributed by atoms with E-state index in [4.69, 9.17) is 19.7 Å². The van der Waals surface area contributed by atoms with E-state index < -0.39 is 11.9 Å². The summed E-state index contributed by atoms with van der Waals surface area (Å²) < 4.78 is 10.9. The number of ether oxygens (including phenoxy) is 2. The van der Waals surface area contributed by atoms with Crippen molar-refractivity contribution >= 4 is 17.6 Å². The average molecular weight is 381 g/mol. The van der Waals surface area contributed by atoms with Gasteiger partial charge in [0.2, 0.25) is 0 Å². The van der Waals surface area contributed by atoms with Crippen molar-refractivity contribution in [1.29, 1.82) is 0 Å². The van der Waals surface area contributed by atoms with Crippen LogP contribution >= 0.6 is 0 Å². The standard InChI is InChI=1S/C14H23N3O2.C4H4O4/c1-2-18-8-9-19-14-10-13(11-16-12-14)17-6-3-4-15-5-7-17;5-3(6)1-2-4(7)8/h10-12,15H,2-9H2,1H3;1-2H,(H,5,6)(H,7,8)/b;2-1+. The second-order valence-electron chi connectivity index (χ2n) is 5.52. The maximum atomic E-state index is 9.55. The normalized spacial score (nSPS) is 14.2. The van der Waals surface area contributed by atoms with Gasteiger partial charge in [-0.25, -0.2) is 9.59 Å². The Bertz CT molecular complexity index is 585. The molecule has 27 heavy (non-hydrogen) atoms. The van der Waals surface area contributed by atoms with Crippen LogP contribution in [-0.2, 0) is 14.3 Å². The fourth-order valence-corrected chi connectivity index (χ4v) is 2.27. The lowest BCUT2D eigenvalue weighted by Gasteiger charge is -2.22. The van der Waals surface area contributed by atoms with E-state index >= 15 is 0 Å². The molecule has 2 rings (SSSR count). The van der Waals surface area contributed by atoms with Crippen LogP contribution in [0.3, 0.4) is 0 Å². The molecule has 0 saturated carbocycles. The molecular weight excluding hydrogens is 354 g/mol. The number of aliphatic carboxylic acids is 2. The van der Waals surface area contributed by atoms with Crippen LogP contribution in [0.15, 0.2) is 30.6 Å². The fraction of sp³-hybridized carbons (Fsp3) is 0.500. The van der Waals surface area contributed by atoms with Gasteiger partial charge in [-0.3, -0.25) is 4.98 Å². The van der Waals surface area contributed by atoms with Gasteiger partial charge in [0.05, 0.1) is 24.7 Å². The van der Waals surface area contributed by atoms with E-state index in [1.807, 2.05) is 13.1 Å². The molecule has 0 aliphatic carbocycles. The zero-order valence-electron chi connectivity index (χ0n) is 15.5. The van der Waals surface area contributed by atoms with Gasteiger partial charge in [-0.15, -0.1) is 0 Å². The molecule has 3 N–H and O–H groups in total. The lowest BCUT2D eigenvalue weighted by Crippen LogP contribution is -2.27. The highest BCUT2D eigenvalue weighted by Gasteiger charge is 2.10. The summed E-state index contributed by atoms with van der Waals surface area (Å²) in [5.41, 5.74) is 1.14. The van der Waals surface area contributed by atoms with Gasteiger partial charge in [-0.1, -0.05) is 0 Å². The first-order valence-corrected chi connectivity index (χ1v) is 8.78. The first-order chi connectivity index (χ1) is 13.0. The SMILES string of the molecule is CCOCCOc1cncc(N2CCCNCC2)c1.O=C(O)/C=C/C(=O)O. The Morgan fingerprint density at radius 1 is 1.19 bits per heavy atom. The summed E-state index contributed by atoms with van der Waals surface area (Å²) in [6.07, 6.45) is 5.94. The minimum atomic E-state index is -1.26. The molecule has 9 nitrogen and oxygen atoms in total. The zero-order valence-corrected chi connectivity index (χ0v) is 15.5. The predicted molar refractivity (Wildman–Crippen MR) is 100 cm³/mol. The summed E-state index contributed by atoms with van der Waals surface area (Å²) in [6, 6.07) is 2.06. The Morgan fingerprint density at radius 2 is 1.93 bits per heavy atom. The van der Waals surface area contributed by atoms with Crippen LogP contribution in [0.25, 0.3) is 0 Å². The first-order valence-electron chi connectivity index (χ1n) is 8.78. The second kappa shape index (κ2) is 13.5. The lowest BCUT2D eigenvalue weighted by molar-refractivity contribution is -0.134. The van der Waals surface area contributed by atoms with Gasteiger partial charge >= 0.3 is 11.9 Å².